The molecule has 16 heavy (non-hydrogen) atoms. The Labute approximate surface area is 98.3 Å². The van der Waals surface area contributed by atoms with Crippen molar-refractivity contribution in [2.75, 3.05) is 6.61 Å². The molecule has 0 aliphatic carbocycles. The van der Waals surface area contributed by atoms with Crippen LogP contribution in [0.3, 0.4) is 0 Å². The van der Waals surface area contributed by atoms with Crippen LogP contribution in [0.2, 0.25) is 0 Å². The first-order chi connectivity index (χ1) is 7.65. The van der Waals surface area contributed by atoms with Gasteiger partial charge in [0.2, 0.25) is 0 Å². The van der Waals surface area contributed by atoms with Gasteiger partial charge < -0.3 is 4.84 Å². The van der Waals surface area contributed by atoms with E-state index in [4.69, 9.17) is 4.84 Å². The lowest BCUT2D eigenvalue weighted by atomic mass is 10.0. The number of rotatable bonds is 5. The van der Waals surface area contributed by atoms with E-state index in [0.29, 0.717) is 6.61 Å². The van der Waals surface area contributed by atoms with Crippen molar-refractivity contribution < 1.29 is 4.84 Å². The second-order valence-electron chi connectivity index (χ2n) is 4.16. The van der Waals surface area contributed by atoms with Crippen LogP contribution in [-0.4, -0.2) is 12.3 Å². The average Bonchev–Trinajstić information content (AvgIpc) is 2.28. The first-order valence-corrected chi connectivity index (χ1v) is 5.89. The monoisotopic (exact) mass is 219 g/mol. The van der Waals surface area contributed by atoms with Crippen LogP contribution in [0.15, 0.2) is 23.4 Å². The molecule has 0 aliphatic rings. The smallest absolute Gasteiger partial charge is 0.117 e. The topological polar surface area (TPSA) is 21.6 Å². The van der Waals surface area contributed by atoms with Gasteiger partial charge in [0.25, 0.3) is 0 Å². The summed E-state index contributed by atoms with van der Waals surface area (Å²) in [6.07, 6.45) is 2.20. The normalized spacial score (nSPS) is 11.6. The fourth-order valence-electron chi connectivity index (χ4n) is 1.37. The zero-order chi connectivity index (χ0) is 12.0. The number of unbranched alkanes of at least 4 members (excludes halogenated alkanes) is 1. The summed E-state index contributed by atoms with van der Waals surface area (Å²) >= 11 is 0. The lowest BCUT2D eigenvalue weighted by Crippen LogP contribution is -1.98. The van der Waals surface area contributed by atoms with E-state index in [1.54, 1.807) is 0 Å². The van der Waals surface area contributed by atoms with Crippen molar-refractivity contribution in [1.82, 2.24) is 0 Å². The molecular formula is C14H21NO. The van der Waals surface area contributed by atoms with E-state index in [1.807, 2.05) is 6.92 Å². The van der Waals surface area contributed by atoms with E-state index >= 15 is 0 Å². The summed E-state index contributed by atoms with van der Waals surface area (Å²) in [5, 5.41) is 4.12. The molecule has 0 unspecified atom stereocenters. The summed E-state index contributed by atoms with van der Waals surface area (Å²) in [5.74, 6) is 0. The lowest BCUT2D eigenvalue weighted by Gasteiger charge is -2.05. The van der Waals surface area contributed by atoms with Gasteiger partial charge in [0.1, 0.15) is 6.61 Å². The highest BCUT2D eigenvalue weighted by molar-refractivity contribution is 5.98. The number of hydrogen-bond donors (Lipinski definition) is 0. The number of benzene rings is 1. The fourth-order valence-corrected chi connectivity index (χ4v) is 1.37. The Morgan fingerprint density at radius 3 is 2.62 bits per heavy atom. The molecule has 0 atom stereocenters. The first kappa shape index (κ1) is 12.8. The van der Waals surface area contributed by atoms with Crippen LogP contribution in [0.4, 0.5) is 0 Å². The minimum Gasteiger partial charge on any atom is -0.396 e. The van der Waals surface area contributed by atoms with E-state index in [9.17, 15) is 0 Å². The number of oxime groups is 1. The highest BCUT2D eigenvalue weighted by Crippen LogP contribution is 2.10. The van der Waals surface area contributed by atoms with Crippen LogP contribution in [-0.2, 0) is 4.84 Å². The molecule has 1 aromatic carbocycles. The van der Waals surface area contributed by atoms with Crippen molar-refractivity contribution >= 4 is 5.71 Å². The summed E-state index contributed by atoms with van der Waals surface area (Å²) in [6, 6.07) is 6.36. The van der Waals surface area contributed by atoms with E-state index in [1.165, 1.54) is 11.1 Å². The Balaban J connectivity index is 2.64. The quantitative estimate of drug-likeness (QED) is 0.419. The largest absolute Gasteiger partial charge is 0.396 e. The third-order valence-corrected chi connectivity index (χ3v) is 2.72. The minimum atomic E-state index is 0.707. The molecule has 1 rings (SSSR count). The Morgan fingerprint density at radius 2 is 2.00 bits per heavy atom. The highest BCUT2D eigenvalue weighted by Gasteiger charge is 2.00. The van der Waals surface area contributed by atoms with Crippen LogP contribution in [0.5, 0.6) is 0 Å². The maximum Gasteiger partial charge on any atom is 0.117 e. The van der Waals surface area contributed by atoms with Crippen molar-refractivity contribution in [3.05, 3.63) is 34.9 Å². The second-order valence-corrected chi connectivity index (χ2v) is 4.16. The molecule has 0 N–H and O–H groups in total. The first-order valence-electron chi connectivity index (χ1n) is 5.89. The molecule has 0 saturated heterocycles. The molecule has 0 heterocycles. The Morgan fingerprint density at radius 1 is 1.25 bits per heavy atom. The average molecular weight is 219 g/mol. The van der Waals surface area contributed by atoms with Gasteiger partial charge in [-0.05, 0) is 49.9 Å². The third-order valence-electron chi connectivity index (χ3n) is 2.72. The Bertz CT molecular complexity index is 369. The van der Waals surface area contributed by atoms with Crippen molar-refractivity contribution in [2.24, 2.45) is 5.16 Å². The molecule has 0 saturated carbocycles. The van der Waals surface area contributed by atoms with Crippen molar-refractivity contribution in [3.8, 4) is 0 Å². The SMILES string of the molecule is CCCCO/N=C(/C)c1ccc(C)c(C)c1. The van der Waals surface area contributed by atoms with Crippen molar-refractivity contribution in [2.45, 2.75) is 40.5 Å². The summed E-state index contributed by atoms with van der Waals surface area (Å²) in [5.41, 5.74) is 4.68. The lowest BCUT2D eigenvalue weighted by molar-refractivity contribution is 0.141. The zero-order valence-corrected chi connectivity index (χ0v) is 10.7. The van der Waals surface area contributed by atoms with Gasteiger partial charge in [-0.1, -0.05) is 30.6 Å². The van der Waals surface area contributed by atoms with Crippen LogP contribution in [0.1, 0.15) is 43.4 Å². The minimum absolute atomic E-state index is 0.707. The number of nitrogens with zero attached hydrogens (tertiary/aromatic N) is 1. The van der Waals surface area contributed by atoms with Gasteiger partial charge in [-0.25, -0.2) is 0 Å². The second kappa shape index (κ2) is 6.31. The Kier molecular flexibility index (Phi) is 5.03. The van der Waals surface area contributed by atoms with E-state index in [0.717, 1.165) is 24.1 Å². The van der Waals surface area contributed by atoms with Crippen LogP contribution >= 0.6 is 0 Å². The fraction of sp³-hybridized carbons (Fsp3) is 0.500. The van der Waals surface area contributed by atoms with Gasteiger partial charge in [0.15, 0.2) is 0 Å². The summed E-state index contributed by atoms with van der Waals surface area (Å²) < 4.78 is 0. The van der Waals surface area contributed by atoms with Gasteiger partial charge >= 0.3 is 0 Å². The molecule has 2 heteroatoms. The molecular weight excluding hydrogens is 198 g/mol. The van der Waals surface area contributed by atoms with Gasteiger partial charge in [0.05, 0.1) is 5.71 Å². The maximum absolute atomic E-state index is 5.25. The molecule has 0 aromatic heterocycles. The van der Waals surface area contributed by atoms with E-state index in [-0.39, 0.29) is 0 Å². The van der Waals surface area contributed by atoms with Crippen LogP contribution < -0.4 is 0 Å². The number of aryl methyl sites for hydroxylation is 2. The van der Waals surface area contributed by atoms with Crippen LogP contribution in [0.25, 0.3) is 0 Å². The molecule has 2 nitrogen and oxygen atoms in total. The van der Waals surface area contributed by atoms with Crippen molar-refractivity contribution in [3.63, 3.8) is 0 Å². The van der Waals surface area contributed by atoms with Crippen molar-refractivity contribution in [1.29, 1.82) is 0 Å². The summed E-state index contributed by atoms with van der Waals surface area (Å²) in [6.45, 7) is 9.06. The predicted octanol–water partition coefficient (Wildman–Crippen LogP) is 3.84. The molecule has 0 bridgehead atoms. The standard InChI is InChI=1S/C14H21NO/c1-5-6-9-16-15-13(4)14-8-7-11(2)12(3)10-14/h7-8,10H,5-6,9H2,1-4H3/b15-13-. The van der Waals surface area contributed by atoms with E-state index < -0.39 is 0 Å². The van der Waals surface area contributed by atoms with Gasteiger partial charge in [-0.2, -0.15) is 0 Å². The molecule has 0 fully saturated rings. The van der Waals surface area contributed by atoms with Gasteiger partial charge in [0, 0.05) is 0 Å². The van der Waals surface area contributed by atoms with Gasteiger partial charge in [-0.3, -0.25) is 0 Å². The third kappa shape index (κ3) is 3.69. The highest BCUT2D eigenvalue weighted by atomic mass is 16.6. The van der Waals surface area contributed by atoms with E-state index in [2.05, 4.69) is 44.1 Å². The maximum atomic E-state index is 5.25. The summed E-state index contributed by atoms with van der Waals surface area (Å²) in [4.78, 5) is 5.25. The molecule has 0 radical (unpaired) electrons. The molecule has 1 aromatic rings. The molecule has 0 amide bonds. The molecule has 0 spiro atoms. The molecule has 88 valence electrons. The number of hydrogen-bond acceptors (Lipinski definition) is 2. The molecule has 0 aliphatic heterocycles. The zero-order valence-electron chi connectivity index (χ0n) is 10.7. The summed E-state index contributed by atoms with van der Waals surface area (Å²) in [7, 11) is 0. The van der Waals surface area contributed by atoms with Crippen LogP contribution in [0, 0.1) is 13.8 Å². The Hall–Kier alpha value is -1.31. The van der Waals surface area contributed by atoms with Gasteiger partial charge in [-0.15, -0.1) is 0 Å². The predicted molar refractivity (Wildman–Crippen MR) is 69.0 cm³/mol.